The molecule has 0 heterocycles. The van der Waals surface area contributed by atoms with Gasteiger partial charge in [-0.3, -0.25) is 0 Å². The van der Waals surface area contributed by atoms with E-state index in [0.717, 1.165) is 0 Å². The number of benzene rings is 1. The van der Waals surface area contributed by atoms with Gasteiger partial charge in [-0.05, 0) is 18.2 Å². The molecule has 0 aliphatic carbocycles. The van der Waals surface area contributed by atoms with E-state index in [9.17, 15) is 27.5 Å². The molecule has 0 saturated heterocycles. The maximum atomic E-state index is 12.4. The van der Waals surface area contributed by atoms with E-state index in [2.05, 4.69) is 0 Å². The molecular formula is C8H3F4NaO2. The second-order valence-corrected chi connectivity index (χ2v) is 2.48. The second kappa shape index (κ2) is 4.96. The molecule has 0 bridgehead atoms. The van der Waals surface area contributed by atoms with Crippen LogP contribution in [0.2, 0.25) is 0 Å². The van der Waals surface area contributed by atoms with Gasteiger partial charge in [0.25, 0.3) is 0 Å². The van der Waals surface area contributed by atoms with Gasteiger partial charge in [0, 0.05) is 5.56 Å². The fraction of sp³-hybridized carbons (Fsp3) is 0.125. The number of carboxylic acid groups (broad SMARTS) is 1. The summed E-state index contributed by atoms with van der Waals surface area (Å²) in [6.07, 6.45) is -4.91. The Kier molecular flexibility index (Phi) is 4.76. The van der Waals surface area contributed by atoms with Gasteiger partial charge >= 0.3 is 35.7 Å². The molecule has 0 fully saturated rings. The summed E-state index contributed by atoms with van der Waals surface area (Å²) in [6.45, 7) is 0. The number of carbonyl (C=O) groups is 1. The number of hydrogen-bond acceptors (Lipinski definition) is 2. The van der Waals surface area contributed by atoms with Crippen molar-refractivity contribution in [2.75, 3.05) is 0 Å². The monoisotopic (exact) mass is 230 g/mol. The first kappa shape index (κ1) is 14.4. The molecule has 0 aromatic heterocycles. The molecule has 0 unspecified atom stereocenters. The number of aromatic carboxylic acids is 1. The van der Waals surface area contributed by atoms with Gasteiger partial charge in [-0.2, -0.15) is 13.2 Å². The molecule has 0 radical (unpaired) electrons. The van der Waals surface area contributed by atoms with E-state index in [1.165, 1.54) is 0 Å². The summed E-state index contributed by atoms with van der Waals surface area (Å²) in [6, 6.07) is 1.26. The Bertz CT molecular complexity index is 375. The molecule has 1 rings (SSSR count). The van der Waals surface area contributed by atoms with E-state index >= 15 is 0 Å². The Labute approximate surface area is 104 Å². The van der Waals surface area contributed by atoms with E-state index in [1.807, 2.05) is 0 Å². The van der Waals surface area contributed by atoms with Crippen molar-refractivity contribution in [1.29, 1.82) is 0 Å². The van der Waals surface area contributed by atoms with Crippen molar-refractivity contribution in [3.05, 3.63) is 35.1 Å². The minimum Gasteiger partial charge on any atom is -0.545 e. The summed E-state index contributed by atoms with van der Waals surface area (Å²) >= 11 is 0. The normalized spacial score (nSPS) is 10.7. The predicted molar refractivity (Wildman–Crippen MR) is 35.7 cm³/mol. The van der Waals surface area contributed by atoms with E-state index in [0.29, 0.717) is 12.1 Å². The van der Waals surface area contributed by atoms with E-state index < -0.39 is 29.1 Å². The van der Waals surface area contributed by atoms with Crippen molar-refractivity contribution in [1.82, 2.24) is 0 Å². The smallest absolute Gasteiger partial charge is 0.545 e. The Morgan fingerprint density at radius 1 is 1.27 bits per heavy atom. The molecule has 1 aromatic rings. The number of halogens is 4. The number of carboxylic acids is 1. The minimum absolute atomic E-state index is 0. The number of hydrogen-bond donors (Lipinski definition) is 0. The quantitative estimate of drug-likeness (QED) is 0.422. The van der Waals surface area contributed by atoms with Crippen LogP contribution in [-0.2, 0) is 6.18 Å². The van der Waals surface area contributed by atoms with E-state index in [-0.39, 0.29) is 35.6 Å². The van der Waals surface area contributed by atoms with Crippen LogP contribution in [0.4, 0.5) is 17.6 Å². The second-order valence-electron chi connectivity index (χ2n) is 2.48. The fourth-order valence-corrected chi connectivity index (χ4v) is 0.929. The van der Waals surface area contributed by atoms with Gasteiger partial charge in [0.15, 0.2) is 0 Å². The fourth-order valence-electron chi connectivity index (χ4n) is 0.929. The van der Waals surface area contributed by atoms with Gasteiger partial charge in [-0.15, -0.1) is 0 Å². The van der Waals surface area contributed by atoms with Crippen molar-refractivity contribution >= 4 is 5.97 Å². The Balaban J connectivity index is 0.00000196. The van der Waals surface area contributed by atoms with Crippen molar-refractivity contribution in [3.8, 4) is 0 Å². The number of rotatable bonds is 1. The molecule has 7 heteroatoms. The average Bonchev–Trinajstić information content (AvgIpc) is 2.01. The molecule has 0 amide bonds. The van der Waals surface area contributed by atoms with E-state index in [1.54, 1.807) is 0 Å². The van der Waals surface area contributed by atoms with Crippen molar-refractivity contribution < 1.29 is 57.0 Å². The molecule has 0 N–H and O–H groups in total. The summed E-state index contributed by atoms with van der Waals surface area (Å²) in [4.78, 5) is 10.2. The van der Waals surface area contributed by atoms with Gasteiger partial charge in [-0.1, -0.05) is 0 Å². The molecule has 0 saturated carbocycles. The predicted octanol–water partition coefficient (Wildman–Crippen LogP) is -1.79. The van der Waals surface area contributed by atoms with Crippen LogP contribution in [0.1, 0.15) is 15.9 Å². The summed E-state index contributed by atoms with van der Waals surface area (Å²) in [5.41, 5.74) is -2.61. The van der Waals surface area contributed by atoms with E-state index in [4.69, 9.17) is 0 Å². The first-order chi connectivity index (χ1) is 6.32. The molecule has 15 heavy (non-hydrogen) atoms. The zero-order valence-electron chi connectivity index (χ0n) is 7.56. The van der Waals surface area contributed by atoms with Gasteiger partial charge < -0.3 is 9.90 Å². The van der Waals surface area contributed by atoms with Crippen LogP contribution < -0.4 is 34.7 Å². The molecule has 2 nitrogen and oxygen atoms in total. The molecular weight excluding hydrogens is 227 g/mol. The van der Waals surface area contributed by atoms with Gasteiger partial charge in [0.2, 0.25) is 0 Å². The maximum absolute atomic E-state index is 12.4. The topological polar surface area (TPSA) is 40.1 Å². The Morgan fingerprint density at radius 3 is 2.20 bits per heavy atom. The zero-order chi connectivity index (χ0) is 10.9. The van der Waals surface area contributed by atoms with Crippen LogP contribution in [0, 0.1) is 5.82 Å². The van der Waals surface area contributed by atoms with Crippen LogP contribution in [0.5, 0.6) is 0 Å². The van der Waals surface area contributed by atoms with Crippen molar-refractivity contribution in [2.24, 2.45) is 0 Å². The van der Waals surface area contributed by atoms with Crippen LogP contribution >= 0.6 is 0 Å². The van der Waals surface area contributed by atoms with Crippen molar-refractivity contribution in [2.45, 2.75) is 6.18 Å². The molecule has 0 atom stereocenters. The van der Waals surface area contributed by atoms with Gasteiger partial charge in [-0.25, -0.2) is 4.39 Å². The van der Waals surface area contributed by atoms with Crippen LogP contribution in [-0.4, -0.2) is 5.97 Å². The molecule has 0 aliphatic heterocycles. The van der Waals surface area contributed by atoms with Gasteiger partial charge in [0.1, 0.15) is 5.82 Å². The molecule has 76 valence electrons. The minimum atomic E-state index is -4.91. The summed E-state index contributed by atoms with van der Waals surface area (Å²) in [5, 5.41) is 10.2. The summed E-state index contributed by atoms with van der Waals surface area (Å²) < 4.78 is 48.8. The third-order valence-corrected chi connectivity index (χ3v) is 1.51. The third kappa shape index (κ3) is 3.48. The first-order valence-corrected chi connectivity index (χ1v) is 3.40. The summed E-state index contributed by atoms with van der Waals surface area (Å²) in [5.74, 6) is -3.14. The van der Waals surface area contributed by atoms with Crippen LogP contribution in [0.15, 0.2) is 18.2 Å². The average molecular weight is 230 g/mol. The maximum Gasteiger partial charge on any atom is 1.00 e. The molecule has 1 aromatic carbocycles. The number of alkyl halides is 3. The number of carbonyl (C=O) groups excluding carboxylic acids is 1. The van der Waals surface area contributed by atoms with Crippen molar-refractivity contribution in [3.63, 3.8) is 0 Å². The Hall–Kier alpha value is -0.590. The van der Waals surface area contributed by atoms with Crippen LogP contribution in [0.3, 0.4) is 0 Å². The first-order valence-electron chi connectivity index (χ1n) is 3.40. The molecule has 0 aliphatic rings. The molecule has 0 spiro atoms. The zero-order valence-corrected chi connectivity index (χ0v) is 9.56. The third-order valence-electron chi connectivity index (χ3n) is 1.51. The van der Waals surface area contributed by atoms with Gasteiger partial charge in [0.05, 0.1) is 11.5 Å². The standard InChI is InChI=1S/C8H4F4O2.Na/c9-4-1-2-5(7(13)14)6(3-4)8(10,11)12;/h1-3H,(H,13,14);/q;+1/p-1. The Morgan fingerprint density at radius 2 is 1.80 bits per heavy atom. The largest absolute Gasteiger partial charge is 1.00 e. The SMILES string of the molecule is O=C([O-])c1ccc(F)cc1C(F)(F)F.[Na+]. The van der Waals surface area contributed by atoms with Crippen LogP contribution in [0.25, 0.3) is 0 Å². The summed E-state index contributed by atoms with van der Waals surface area (Å²) in [7, 11) is 0.